The lowest BCUT2D eigenvalue weighted by molar-refractivity contribution is -0.141. The molecule has 1 heterocycles. The maximum Gasteiger partial charge on any atom is 0.326 e. The summed E-state index contributed by atoms with van der Waals surface area (Å²) in [6, 6.07) is 3.51. The molecule has 108 valence electrons. The van der Waals surface area contributed by atoms with E-state index in [1.807, 2.05) is 0 Å². The molecule has 2 N–H and O–H groups in total. The van der Waals surface area contributed by atoms with Crippen molar-refractivity contribution >= 4 is 35.2 Å². The zero-order chi connectivity index (χ0) is 15.6. The van der Waals surface area contributed by atoms with Crippen LogP contribution in [0.5, 0.6) is 0 Å². The van der Waals surface area contributed by atoms with E-state index in [2.05, 4.69) is 5.32 Å². The van der Waals surface area contributed by atoms with Crippen LogP contribution in [0.25, 0.3) is 0 Å². The third kappa shape index (κ3) is 3.16. The van der Waals surface area contributed by atoms with Crippen LogP contribution in [-0.2, 0) is 11.3 Å². The molecule has 0 bridgehead atoms. The molecule has 0 saturated carbocycles. The van der Waals surface area contributed by atoms with Crippen molar-refractivity contribution in [3.63, 3.8) is 0 Å². The van der Waals surface area contributed by atoms with Gasteiger partial charge >= 0.3 is 12.0 Å². The van der Waals surface area contributed by atoms with Crippen LogP contribution in [0.4, 0.5) is 4.79 Å². The molecule has 5 nitrogen and oxygen atoms in total. The SMILES string of the molecule is [2H]C1C[C@@H](C(=O)O)N(C(=O)NCc2c(Cl)cccc2Cl)C1. The molecule has 0 aromatic heterocycles. The molecule has 1 unspecified atom stereocenters. The van der Waals surface area contributed by atoms with E-state index in [-0.39, 0.29) is 19.5 Å². The third-order valence-electron chi connectivity index (χ3n) is 3.12. The van der Waals surface area contributed by atoms with Crippen LogP contribution < -0.4 is 5.32 Å². The van der Waals surface area contributed by atoms with E-state index in [9.17, 15) is 9.59 Å². The summed E-state index contributed by atoms with van der Waals surface area (Å²) in [6.45, 7) is 0.196. The number of rotatable bonds is 3. The summed E-state index contributed by atoms with van der Waals surface area (Å²) in [4.78, 5) is 24.3. The Labute approximate surface area is 127 Å². The summed E-state index contributed by atoms with van der Waals surface area (Å²) in [6.07, 6.45) is -0.448. The summed E-state index contributed by atoms with van der Waals surface area (Å²) in [5, 5.41) is 12.5. The second-order valence-corrected chi connectivity index (χ2v) is 5.20. The highest BCUT2D eigenvalue weighted by Crippen LogP contribution is 2.24. The van der Waals surface area contributed by atoms with Crippen LogP contribution in [0.2, 0.25) is 10.0 Å². The Hall–Kier alpha value is -1.46. The second-order valence-electron chi connectivity index (χ2n) is 4.39. The molecule has 7 heteroatoms. The minimum atomic E-state index is -1.10. The fourth-order valence-electron chi connectivity index (χ4n) is 2.05. The van der Waals surface area contributed by atoms with E-state index in [1.54, 1.807) is 18.2 Å². The minimum Gasteiger partial charge on any atom is -0.480 e. The van der Waals surface area contributed by atoms with Crippen molar-refractivity contribution < 1.29 is 16.1 Å². The first-order valence-corrected chi connectivity index (χ1v) is 6.78. The predicted molar refractivity (Wildman–Crippen MR) is 76.1 cm³/mol. The van der Waals surface area contributed by atoms with Crippen molar-refractivity contribution in [1.29, 1.82) is 0 Å². The standard InChI is InChI=1S/C13H14Cl2N2O3/c14-9-3-1-4-10(15)8(9)7-16-13(20)17-6-2-5-11(17)12(18)19/h1,3-4,11H,2,5-7H2,(H,16,20)(H,18,19)/t11-/m0/s1/i2D/t2?,11-. The van der Waals surface area contributed by atoms with E-state index in [4.69, 9.17) is 29.7 Å². The number of amides is 2. The highest BCUT2D eigenvalue weighted by Gasteiger charge is 2.33. The zero-order valence-corrected chi connectivity index (χ0v) is 12.0. The molecule has 2 rings (SSSR count). The first-order valence-electron chi connectivity index (χ1n) is 6.60. The molecule has 1 aliphatic heterocycles. The number of carbonyl (C=O) groups is 2. The summed E-state index contributed by atoms with van der Waals surface area (Å²) in [7, 11) is 0. The zero-order valence-electron chi connectivity index (χ0n) is 11.5. The molecule has 1 aliphatic rings. The van der Waals surface area contributed by atoms with Crippen LogP contribution in [-0.4, -0.2) is 34.6 Å². The quantitative estimate of drug-likeness (QED) is 0.900. The number of hydrogen-bond donors (Lipinski definition) is 2. The fraction of sp³-hybridized carbons (Fsp3) is 0.385. The largest absolute Gasteiger partial charge is 0.480 e. The van der Waals surface area contributed by atoms with Crippen molar-refractivity contribution in [1.82, 2.24) is 10.2 Å². The Morgan fingerprint density at radius 3 is 2.70 bits per heavy atom. The van der Waals surface area contributed by atoms with Crippen molar-refractivity contribution in [2.45, 2.75) is 25.4 Å². The van der Waals surface area contributed by atoms with Gasteiger partial charge in [0.25, 0.3) is 0 Å². The Morgan fingerprint density at radius 2 is 2.10 bits per heavy atom. The number of nitrogens with one attached hydrogen (secondary N) is 1. The summed E-state index contributed by atoms with van der Waals surface area (Å²) >= 11 is 12.0. The number of carbonyl (C=O) groups excluding carboxylic acids is 1. The summed E-state index contributed by atoms with van der Waals surface area (Å²) < 4.78 is 7.62. The van der Waals surface area contributed by atoms with E-state index >= 15 is 0 Å². The van der Waals surface area contributed by atoms with Crippen molar-refractivity contribution in [2.75, 3.05) is 6.54 Å². The molecule has 1 aromatic carbocycles. The average molecular weight is 318 g/mol. The van der Waals surface area contributed by atoms with E-state index < -0.39 is 24.4 Å². The van der Waals surface area contributed by atoms with Gasteiger partial charge in [-0.3, -0.25) is 0 Å². The third-order valence-corrected chi connectivity index (χ3v) is 3.82. The highest BCUT2D eigenvalue weighted by molar-refractivity contribution is 6.36. The van der Waals surface area contributed by atoms with Gasteiger partial charge in [0.1, 0.15) is 6.04 Å². The molecule has 0 aliphatic carbocycles. The number of urea groups is 1. The Morgan fingerprint density at radius 1 is 1.45 bits per heavy atom. The predicted octanol–water partition coefficient (Wildman–Crippen LogP) is 2.75. The minimum absolute atomic E-state index is 0.0963. The molecule has 1 fully saturated rings. The Bertz CT molecular complexity index is 550. The first kappa shape index (κ1) is 13.5. The molecule has 1 aromatic rings. The molecule has 2 amide bonds. The number of carboxylic acid groups (broad SMARTS) is 1. The smallest absolute Gasteiger partial charge is 0.326 e. The van der Waals surface area contributed by atoms with Gasteiger partial charge in [-0.1, -0.05) is 29.3 Å². The van der Waals surface area contributed by atoms with Crippen LogP contribution in [0.15, 0.2) is 18.2 Å². The number of halogens is 2. The lowest BCUT2D eigenvalue weighted by Gasteiger charge is -2.22. The molecule has 2 atom stereocenters. The molecule has 20 heavy (non-hydrogen) atoms. The van der Waals surface area contributed by atoms with Gasteiger partial charge < -0.3 is 15.3 Å². The molecular weight excluding hydrogens is 303 g/mol. The number of likely N-dealkylation sites (tertiary alicyclic amines) is 1. The van der Waals surface area contributed by atoms with Crippen molar-refractivity contribution in [2.24, 2.45) is 0 Å². The highest BCUT2D eigenvalue weighted by atomic mass is 35.5. The van der Waals surface area contributed by atoms with Gasteiger partial charge in [-0.2, -0.15) is 0 Å². The van der Waals surface area contributed by atoms with Crippen molar-refractivity contribution in [3.8, 4) is 0 Å². The molecular formula is C13H14Cl2N2O3. The molecule has 1 saturated heterocycles. The van der Waals surface area contributed by atoms with E-state index in [0.717, 1.165) is 4.90 Å². The maximum atomic E-state index is 12.1. The van der Waals surface area contributed by atoms with E-state index in [1.165, 1.54) is 0 Å². The Kier molecular flexibility index (Phi) is 4.28. The Balaban J connectivity index is 2.03. The van der Waals surface area contributed by atoms with E-state index in [0.29, 0.717) is 15.6 Å². The normalized spacial score (nSPS) is 22.5. The summed E-state index contributed by atoms with van der Waals surface area (Å²) in [5.41, 5.74) is 0.572. The van der Waals surface area contributed by atoms with Gasteiger partial charge in [-0.25, -0.2) is 9.59 Å². The van der Waals surface area contributed by atoms with Crippen LogP contribution in [0.3, 0.4) is 0 Å². The number of nitrogens with zero attached hydrogens (tertiary/aromatic N) is 1. The molecule has 0 radical (unpaired) electrons. The van der Waals surface area contributed by atoms with Gasteiger partial charge in [0, 0.05) is 30.1 Å². The van der Waals surface area contributed by atoms with Gasteiger partial charge in [0.2, 0.25) is 0 Å². The van der Waals surface area contributed by atoms with Crippen molar-refractivity contribution in [3.05, 3.63) is 33.8 Å². The number of hydrogen-bond acceptors (Lipinski definition) is 2. The van der Waals surface area contributed by atoms with Crippen LogP contribution in [0, 0.1) is 0 Å². The first-order chi connectivity index (χ1) is 9.90. The number of carboxylic acids is 1. The average Bonchev–Trinajstić information content (AvgIpc) is 2.80. The fourth-order valence-corrected chi connectivity index (χ4v) is 2.58. The van der Waals surface area contributed by atoms with Crippen LogP contribution in [0.1, 0.15) is 19.8 Å². The molecule has 0 spiro atoms. The lowest BCUT2D eigenvalue weighted by atomic mass is 10.2. The number of aliphatic carboxylic acids is 1. The lowest BCUT2D eigenvalue weighted by Crippen LogP contribution is -2.45. The monoisotopic (exact) mass is 317 g/mol. The summed E-state index contributed by atoms with van der Waals surface area (Å²) in [5.74, 6) is -1.10. The number of benzene rings is 1. The second kappa shape index (κ2) is 6.33. The van der Waals surface area contributed by atoms with Crippen LogP contribution >= 0.6 is 23.2 Å². The van der Waals surface area contributed by atoms with Gasteiger partial charge in [-0.15, -0.1) is 0 Å². The maximum absolute atomic E-state index is 12.1. The topological polar surface area (TPSA) is 69.6 Å². The van der Waals surface area contributed by atoms with Gasteiger partial charge in [-0.05, 0) is 25.0 Å². The van der Waals surface area contributed by atoms with Gasteiger partial charge in [0.05, 0.1) is 0 Å². The van der Waals surface area contributed by atoms with Gasteiger partial charge in [0.15, 0.2) is 0 Å².